The number of aromatic nitrogens is 3. The Morgan fingerprint density at radius 2 is 2.08 bits per heavy atom. The van der Waals surface area contributed by atoms with Gasteiger partial charge in [-0.2, -0.15) is 0 Å². The molecule has 4 rings (SSSR count). The molecule has 0 radical (unpaired) electrons. The molecule has 1 saturated carbocycles. The Bertz CT molecular complexity index is 996. The summed E-state index contributed by atoms with van der Waals surface area (Å²) in [6.45, 7) is 0. The molecule has 0 spiro atoms. The average Bonchev–Trinajstić information content (AvgIpc) is 3.36. The molecule has 3 aromatic rings. The van der Waals surface area contributed by atoms with Crippen LogP contribution >= 0.6 is 11.6 Å². The number of nitrogens with two attached hydrogens (primary N) is 1. The van der Waals surface area contributed by atoms with Gasteiger partial charge < -0.3 is 5.73 Å². The molecule has 7 heteroatoms. The third-order valence-electron chi connectivity index (χ3n) is 4.19. The topological polar surface area (TPSA) is 73.8 Å². The van der Waals surface area contributed by atoms with Crippen LogP contribution in [0.15, 0.2) is 35.3 Å². The number of anilines is 1. The maximum atomic E-state index is 14.2. The van der Waals surface area contributed by atoms with E-state index in [9.17, 15) is 9.18 Å². The van der Waals surface area contributed by atoms with Crippen molar-refractivity contribution < 1.29 is 4.39 Å². The summed E-state index contributed by atoms with van der Waals surface area (Å²) in [5.74, 6) is 0.798. The normalized spacial score (nSPS) is 14.2. The van der Waals surface area contributed by atoms with Crippen LogP contribution in [-0.4, -0.2) is 14.5 Å². The minimum Gasteiger partial charge on any atom is -0.384 e. The molecule has 1 aromatic carbocycles. The van der Waals surface area contributed by atoms with Gasteiger partial charge in [-0.05, 0) is 43.0 Å². The number of rotatable bonds is 3. The van der Waals surface area contributed by atoms with E-state index in [4.69, 9.17) is 17.3 Å². The van der Waals surface area contributed by atoms with Crippen LogP contribution in [0.25, 0.3) is 16.6 Å². The van der Waals surface area contributed by atoms with Crippen LogP contribution in [0.3, 0.4) is 0 Å². The molecule has 2 N–H and O–H groups in total. The van der Waals surface area contributed by atoms with Gasteiger partial charge in [0.25, 0.3) is 5.56 Å². The molecule has 2 aromatic heterocycles. The van der Waals surface area contributed by atoms with Gasteiger partial charge in [0.1, 0.15) is 23.0 Å². The van der Waals surface area contributed by atoms with Gasteiger partial charge in [0.2, 0.25) is 0 Å². The first kappa shape index (κ1) is 15.1. The third-order valence-corrected chi connectivity index (χ3v) is 4.51. The number of fused-ring (bicyclic) bond motifs is 1. The minimum absolute atomic E-state index is 0.0165. The van der Waals surface area contributed by atoms with Crippen LogP contribution < -0.4 is 11.3 Å². The van der Waals surface area contributed by atoms with Gasteiger partial charge in [-0.3, -0.25) is 9.36 Å². The van der Waals surface area contributed by atoms with Gasteiger partial charge >= 0.3 is 0 Å². The molecule has 0 amide bonds. The predicted molar refractivity (Wildman–Crippen MR) is 90.9 cm³/mol. The van der Waals surface area contributed by atoms with Gasteiger partial charge in [0.15, 0.2) is 0 Å². The lowest BCUT2D eigenvalue weighted by Gasteiger charge is -2.14. The zero-order chi connectivity index (χ0) is 16.8. The van der Waals surface area contributed by atoms with E-state index in [0.717, 1.165) is 12.8 Å². The van der Waals surface area contributed by atoms with E-state index in [1.165, 1.54) is 22.9 Å². The molecule has 122 valence electrons. The Balaban J connectivity index is 2.05. The highest BCUT2D eigenvalue weighted by Gasteiger charge is 2.26. The lowest BCUT2D eigenvalue weighted by molar-refractivity contribution is 0.632. The second-order valence-electron chi connectivity index (χ2n) is 6.01. The zero-order valence-corrected chi connectivity index (χ0v) is 13.4. The van der Waals surface area contributed by atoms with Crippen LogP contribution in [0.2, 0.25) is 5.02 Å². The van der Waals surface area contributed by atoms with Crippen molar-refractivity contribution in [2.75, 3.05) is 5.73 Å². The summed E-state index contributed by atoms with van der Waals surface area (Å²) < 4.78 is 15.6. The Morgan fingerprint density at radius 1 is 1.29 bits per heavy atom. The van der Waals surface area contributed by atoms with Crippen LogP contribution in [0.4, 0.5) is 10.2 Å². The summed E-state index contributed by atoms with van der Waals surface area (Å²) in [4.78, 5) is 21.5. The number of hydrogen-bond acceptors (Lipinski definition) is 4. The van der Waals surface area contributed by atoms with Crippen molar-refractivity contribution in [3.63, 3.8) is 0 Å². The Labute approximate surface area is 141 Å². The van der Waals surface area contributed by atoms with Gasteiger partial charge in [0.05, 0.1) is 22.3 Å². The molecule has 0 atom stereocenters. The molecule has 1 fully saturated rings. The molecular weight excluding hydrogens is 331 g/mol. The highest BCUT2D eigenvalue weighted by molar-refractivity contribution is 6.35. The van der Waals surface area contributed by atoms with E-state index in [0.29, 0.717) is 29.7 Å². The number of nitrogen functional groups attached to an aromatic ring is 1. The summed E-state index contributed by atoms with van der Waals surface area (Å²) in [6.07, 6.45) is 4.30. The number of halogens is 2. The quantitative estimate of drug-likeness (QED) is 0.792. The van der Waals surface area contributed by atoms with Crippen molar-refractivity contribution in [3.05, 3.63) is 57.5 Å². The highest BCUT2D eigenvalue weighted by atomic mass is 35.5. The van der Waals surface area contributed by atoms with Crippen molar-refractivity contribution in [2.45, 2.75) is 19.3 Å². The first-order valence-corrected chi connectivity index (χ1v) is 8.04. The molecular formula is C17H14ClFN4O. The lowest BCUT2D eigenvalue weighted by Crippen LogP contribution is -2.25. The van der Waals surface area contributed by atoms with E-state index in [2.05, 4.69) is 9.97 Å². The molecule has 0 aliphatic heterocycles. The first-order valence-electron chi connectivity index (χ1n) is 7.66. The van der Waals surface area contributed by atoms with Gasteiger partial charge in [0, 0.05) is 6.42 Å². The van der Waals surface area contributed by atoms with Crippen LogP contribution in [0, 0.1) is 11.7 Å². The largest absolute Gasteiger partial charge is 0.384 e. The van der Waals surface area contributed by atoms with Crippen molar-refractivity contribution in [1.29, 1.82) is 0 Å². The maximum Gasteiger partial charge on any atom is 0.267 e. The standard InChI is InChI=1S/C17H14ClFN4O/c18-11-4-5-12(19)16-15(11)17(24)23(10-3-6-13(20)21-8-10)14(22-16)7-9-1-2-9/h3-6,8-9H,1-2,7H2,(H2,20,21). The smallest absolute Gasteiger partial charge is 0.267 e. The SMILES string of the molecule is Nc1ccc(-n2c(CC3CC3)nc3c(F)ccc(Cl)c3c2=O)cn1. The van der Waals surface area contributed by atoms with E-state index < -0.39 is 11.4 Å². The van der Waals surface area contributed by atoms with Crippen molar-refractivity contribution >= 4 is 28.3 Å². The lowest BCUT2D eigenvalue weighted by atomic mass is 10.2. The maximum absolute atomic E-state index is 14.2. The molecule has 24 heavy (non-hydrogen) atoms. The van der Waals surface area contributed by atoms with Crippen molar-refractivity contribution in [2.24, 2.45) is 5.92 Å². The van der Waals surface area contributed by atoms with E-state index in [1.807, 2.05) is 0 Å². The average molecular weight is 345 g/mol. The van der Waals surface area contributed by atoms with E-state index in [-0.39, 0.29) is 15.9 Å². The Kier molecular flexibility index (Phi) is 3.49. The molecule has 0 saturated heterocycles. The van der Waals surface area contributed by atoms with Crippen molar-refractivity contribution in [3.8, 4) is 5.69 Å². The summed E-state index contributed by atoms with van der Waals surface area (Å²) >= 11 is 6.13. The minimum atomic E-state index is -0.550. The number of nitrogens with zero attached hydrogens (tertiary/aromatic N) is 3. The van der Waals surface area contributed by atoms with E-state index in [1.54, 1.807) is 12.1 Å². The van der Waals surface area contributed by atoms with Crippen LogP contribution in [0.1, 0.15) is 18.7 Å². The molecule has 5 nitrogen and oxygen atoms in total. The Morgan fingerprint density at radius 3 is 2.75 bits per heavy atom. The summed E-state index contributed by atoms with van der Waals surface area (Å²) in [5, 5.41) is 0.257. The Hall–Kier alpha value is -2.47. The van der Waals surface area contributed by atoms with Crippen LogP contribution in [-0.2, 0) is 6.42 Å². The molecule has 0 bridgehead atoms. The molecule has 1 aliphatic carbocycles. The first-order chi connectivity index (χ1) is 11.5. The zero-order valence-electron chi connectivity index (χ0n) is 12.7. The monoisotopic (exact) mass is 344 g/mol. The second-order valence-corrected chi connectivity index (χ2v) is 6.42. The number of pyridine rings is 1. The third kappa shape index (κ3) is 2.53. The summed E-state index contributed by atoms with van der Waals surface area (Å²) in [7, 11) is 0. The fourth-order valence-corrected chi connectivity index (χ4v) is 3.01. The number of benzene rings is 1. The summed E-state index contributed by atoms with van der Waals surface area (Å²) in [5.41, 5.74) is 5.78. The highest BCUT2D eigenvalue weighted by Crippen LogP contribution is 2.33. The van der Waals surface area contributed by atoms with E-state index >= 15 is 0 Å². The molecule has 2 heterocycles. The molecule has 1 aliphatic rings. The van der Waals surface area contributed by atoms with Gasteiger partial charge in [-0.15, -0.1) is 0 Å². The second kappa shape index (κ2) is 5.56. The summed E-state index contributed by atoms with van der Waals surface area (Å²) in [6, 6.07) is 5.91. The predicted octanol–water partition coefficient (Wildman–Crippen LogP) is 3.11. The van der Waals surface area contributed by atoms with Crippen LogP contribution in [0.5, 0.6) is 0 Å². The van der Waals surface area contributed by atoms with Gasteiger partial charge in [-0.25, -0.2) is 14.4 Å². The fourth-order valence-electron chi connectivity index (χ4n) is 2.78. The number of hydrogen-bond donors (Lipinski definition) is 1. The van der Waals surface area contributed by atoms with Crippen molar-refractivity contribution in [1.82, 2.24) is 14.5 Å². The molecule has 0 unspecified atom stereocenters. The fraction of sp³-hybridized carbons (Fsp3) is 0.235. The van der Waals surface area contributed by atoms with Gasteiger partial charge in [-0.1, -0.05) is 11.6 Å².